The minimum absolute atomic E-state index is 0.0433. The minimum Gasteiger partial charge on any atom is -0.356 e. The van der Waals surface area contributed by atoms with Crippen molar-refractivity contribution >= 4 is 42.9 Å². The van der Waals surface area contributed by atoms with E-state index in [1.165, 1.54) is 6.07 Å². The first kappa shape index (κ1) is 20.5. The number of para-hydroxylation sites is 2. The van der Waals surface area contributed by atoms with Crippen molar-refractivity contribution in [3.8, 4) is 0 Å². The molecule has 0 fully saturated rings. The van der Waals surface area contributed by atoms with Crippen molar-refractivity contribution in [2.24, 2.45) is 0 Å². The van der Waals surface area contributed by atoms with Gasteiger partial charge in [-0.15, -0.1) is 0 Å². The Bertz CT molecular complexity index is 1070. The first-order valence-corrected chi connectivity index (χ1v) is 11.2. The topological polar surface area (TPSA) is 93.1 Å². The van der Waals surface area contributed by atoms with E-state index >= 15 is 0 Å². The highest BCUT2D eigenvalue weighted by molar-refractivity contribution is 9.10. The van der Waals surface area contributed by atoms with Gasteiger partial charge in [-0.1, -0.05) is 24.3 Å². The molecule has 0 unspecified atom stereocenters. The zero-order valence-corrected chi connectivity index (χ0v) is 17.5. The van der Waals surface area contributed by atoms with E-state index in [2.05, 4.69) is 31.0 Å². The number of halogens is 1. The molecule has 0 saturated carbocycles. The van der Waals surface area contributed by atoms with Crippen molar-refractivity contribution in [1.82, 2.24) is 19.6 Å². The smallest absolute Gasteiger partial charge is 0.241 e. The van der Waals surface area contributed by atoms with Gasteiger partial charge in [-0.3, -0.25) is 4.79 Å². The predicted molar refractivity (Wildman–Crippen MR) is 111 cm³/mol. The fraction of sp³-hybridized carbons (Fsp3) is 0.263. The van der Waals surface area contributed by atoms with Crippen LogP contribution in [0.4, 0.5) is 0 Å². The SMILES string of the molecule is O=C(CCNS(=O)(=O)c1ccccc1Br)NCCCn1cnc2ccccc21. The fourth-order valence-corrected chi connectivity index (χ4v) is 4.83. The second-order valence-electron chi connectivity index (χ2n) is 6.21. The van der Waals surface area contributed by atoms with E-state index in [0.717, 1.165) is 24.0 Å². The summed E-state index contributed by atoms with van der Waals surface area (Å²) in [5.41, 5.74) is 2.01. The highest BCUT2D eigenvalue weighted by atomic mass is 79.9. The molecule has 3 aromatic rings. The van der Waals surface area contributed by atoms with Gasteiger partial charge in [0.1, 0.15) is 0 Å². The van der Waals surface area contributed by atoms with Gasteiger partial charge in [0.05, 0.1) is 22.3 Å². The molecule has 0 aliphatic heterocycles. The highest BCUT2D eigenvalue weighted by Crippen LogP contribution is 2.20. The molecule has 1 amide bonds. The molecular weight excluding hydrogens is 444 g/mol. The average Bonchev–Trinajstić information content (AvgIpc) is 3.08. The lowest BCUT2D eigenvalue weighted by Gasteiger charge is -2.09. The summed E-state index contributed by atoms with van der Waals surface area (Å²) < 4.78 is 29.5. The largest absolute Gasteiger partial charge is 0.356 e. The number of aryl methyl sites for hydroxylation is 1. The Morgan fingerprint density at radius 2 is 1.82 bits per heavy atom. The van der Waals surface area contributed by atoms with Gasteiger partial charge in [-0.2, -0.15) is 0 Å². The monoisotopic (exact) mass is 464 g/mol. The Labute approximate surface area is 172 Å². The fourth-order valence-electron chi connectivity index (χ4n) is 2.79. The number of benzene rings is 2. The van der Waals surface area contributed by atoms with E-state index in [1.54, 1.807) is 24.5 Å². The van der Waals surface area contributed by atoms with Crippen molar-refractivity contribution < 1.29 is 13.2 Å². The van der Waals surface area contributed by atoms with Gasteiger partial charge in [0.25, 0.3) is 0 Å². The van der Waals surface area contributed by atoms with Crippen LogP contribution in [0, 0.1) is 0 Å². The number of sulfonamides is 1. The zero-order chi connectivity index (χ0) is 20.0. The number of hydrogen-bond donors (Lipinski definition) is 2. The standard InChI is InChI=1S/C19H21BrN4O3S/c20-15-6-1-4-9-18(15)28(26,27)23-12-10-19(25)21-11-5-13-24-14-22-16-7-2-3-8-17(16)24/h1-4,6-9,14,23H,5,10-13H2,(H,21,25). The third kappa shape index (κ3) is 5.18. The van der Waals surface area contributed by atoms with Crippen LogP contribution in [0.1, 0.15) is 12.8 Å². The van der Waals surface area contributed by atoms with Crippen LogP contribution >= 0.6 is 15.9 Å². The summed E-state index contributed by atoms with van der Waals surface area (Å²) in [7, 11) is -3.65. The van der Waals surface area contributed by atoms with Crippen LogP contribution in [0.2, 0.25) is 0 Å². The summed E-state index contributed by atoms with van der Waals surface area (Å²) in [5.74, 6) is -0.190. The van der Waals surface area contributed by atoms with E-state index in [4.69, 9.17) is 0 Å². The summed E-state index contributed by atoms with van der Waals surface area (Å²) in [5, 5.41) is 2.81. The molecule has 148 valence electrons. The first-order valence-electron chi connectivity index (χ1n) is 8.88. The number of imidazole rings is 1. The van der Waals surface area contributed by atoms with Crippen LogP contribution in [0.3, 0.4) is 0 Å². The van der Waals surface area contributed by atoms with Crippen molar-refractivity contribution in [2.75, 3.05) is 13.1 Å². The third-order valence-corrected chi connectivity index (χ3v) is 6.67. The molecule has 3 rings (SSSR count). The summed E-state index contributed by atoms with van der Waals surface area (Å²) in [6.07, 6.45) is 2.63. The van der Waals surface area contributed by atoms with Crippen LogP contribution in [0.15, 0.2) is 64.2 Å². The van der Waals surface area contributed by atoms with Crippen LogP contribution in [0.5, 0.6) is 0 Å². The highest BCUT2D eigenvalue weighted by Gasteiger charge is 2.16. The number of amides is 1. The molecule has 28 heavy (non-hydrogen) atoms. The van der Waals surface area contributed by atoms with E-state index in [-0.39, 0.29) is 23.8 Å². The first-order chi connectivity index (χ1) is 13.5. The zero-order valence-electron chi connectivity index (χ0n) is 15.1. The lowest BCUT2D eigenvalue weighted by atomic mass is 10.3. The third-order valence-electron chi connectivity index (χ3n) is 4.20. The molecule has 0 spiro atoms. The number of carbonyl (C=O) groups is 1. The molecule has 0 atom stereocenters. The Morgan fingerprint density at radius 1 is 1.07 bits per heavy atom. The normalized spacial score (nSPS) is 11.6. The molecule has 9 heteroatoms. The van der Waals surface area contributed by atoms with E-state index in [9.17, 15) is 13.2 Å². The molecule has 2 N–H and O–H groups in total. The van der Waals surface area contributed by atoms with Gasteiger partial charge < -0.3 is 9.88 Å². The van der Waals surface area contributed by atoms with Crippen LogP contribution in [-0.4, -0.2) is 37.0 Å². The van der Waals surface area contributed by atoms with E-state index in [1.807, 2.05) is 28.8 Å². The van der Waals surface area contributed by atoms with Gasteiger partial charge in [0, 0.05) is 30.5 Å². The second-order valence-corrected chi connectivity index (χ2v) is 8.80. The maximum Gasteiger partial charge on any atom is 0.241 e. The van der Waals surface area contributed by atoms with E-state index < -0.39 is 10.0 Å². The number of aromatic nitrogens is 2. The van der Waals surface area contributed by atoms with Gasteiger partial charge >= 0.3 is 0 Å². The quantitative estimate of drug-likeness (QED) is 0.476. The van der Waals surface area contributed by atoms with E-state index in [0.29, 0.717) is 11.0 Å². The Hall–Kier alpha value is -2.23. The van der Waals surface area contributed by atoms with Gasteiger partial charge in [-0.05, 0) is 46.6 Å². The molecule has 0 saturated heterocycles. The Kier molecular flexibility index (Phi) is 6.82. The summed E-state index contributed by atoms with van der Waals surface area (Å²) >= 11 is 3.22. The number of rotatable bonds is 9. The van der Waals surface area contributed by atoms with Gasteiger partial charge in [0.15, 0.2) is 0 Å². The molecule has 0 radical (unpaired) electrons. The van der Waals surface area contributed by atoms with Crippen LogP contribution in [-0.2, 0) is 21.4 Å². The van der Waals surface area contributed by atoms with Crippen LogP contribution < -0.4 is 10.0 Å². The second kappa shape index (κ2) is 9.31. The predicted octanol–water partition coefficient (Wildman–Crippen LogP) is 2.67. The van der Waals surface area contributed by atoms with Crippen molar-refractivity contribution in [3.63, 3.8) is 0 Å². The Balaban J connectivity index is 1.38. The molecule has 2 aromatic carbocycles. The Morgan fingerprint density at radius 3 is 2.64 bits per heavy atom. The number of carbonyl (C=O) groups excluding carboxylic acids is 1. The minimum atomic E-state index is -3.65. The maximum atomic E-state index is 12.3. The molecule has 0 aliphatic carbocycles. The van der Waals surface area contributed by atoms with Crippen molar-refractivity contribution in [3.05, 3.63) is 59.3 Å². The summed E-state index contributed by atoms with van der Waals surface area (Å²) in [6.45, 7) is 1.30. The van der Waals surface area contributed by atoms with Crippen LogP contribution in [0.25, 0.3) is 11.0 Å². The molecule has 0 aliphatic rings. The summed E-state index contributed by atoms with van der Waals surface area (Å²) in [6, 6.07) is 14.4. The van der Waals surface area contributed by atoms with Gasteiger partial charge in [0.2, 0.25) is 15.9 Å². The van der Waals surface area contributed by atoms with Crippen molar-refractivity contribution in [1.29, 1.82) is 0 Å². The number of fused-ring (bicyclic) bond motifs is 1. The number of nitrogens with one attached hydrogen (secondary N) is 2. The lowest BCUT2D eigenvalue weighted by Crippen LogP contribution is -2.31. The van der Waals surface area contributed by atoms with Gasteiger partial charge in [-0.25, -0.2) is 18.1 Å². The number of hydrogen-bond acceptors (Lipinski definition) is 4. The molecule has 1 heterocycles. The molecule has 1 aromatic heterocycles. The molecule has 0 bridgehead atoms. The lowest BCUT2D eigenvalue weighted by molar-refractivity contribution is -0.120. The van der Waals surface area contributed by atoms with Crippen molar-refractivity contribution in [2.45, 2.75) is 24.3 Å². The maximum absolute atomic E-state index is 12.3. The average molecular weight is 465 g/mol. The molecule has 7 nitrogen and oxygen atoms in total. The molecular formula is C19H21BrN4O3S. The summed E-state index contributed by atoms with van der Waals surface area (Å²) in [4.78, 5) is 16.4. The number of nitrogens with zero attached hydrogens (tertiary/aromatic N) is 2.